The van der Waals surface area contributed by atoms with Crippen molar-refractivity contribution in [2.24, 2.45) is 5.92 Å². The molecule has 0 bridgehead atoms. The zero-order valence-corrected chi connectivity index (χ0v) is 9.39. The van der Waals surface area contributed by atoms with Gasteiger partial charge < -0.3 is 4.74 Å². The fourth-order valence-electron chi connectivity index (χ4n) is 1.28. The van der Waals surface area contributed by atoms with E-state index in [2.05, 4.69) is 15.9 Å². The summed E-state index contributed by atoms with van der Waals surface area (Å²) in [6, 6.07) is 5.02. The van der Waals surface area contributed by atoms with Crippen molar-refractivity contribution in [2.45, 2.75) is 19.4 Å². The van der Waals surface area contributed by atoms with Crippen molar-refractivity contribution in [2.75, 3.05) is 6.61 Å². The second-order valence-electron chi connectivity index (χ2n) is 3.67. The molecule has 2 rings (SSSR count). The van der Waals surface area contributed by atoms with Gasteiger partial charge in [0.2, 0.25) is 0 Å². The van der Waals surface area contributed by atoms with Crippen LogP contribution in [-0.4, -0.2) is 6.61 Å². The van der Waals surface area contributed by atoms with Crippen molar-refractivity contribution in [3.8, 4) is 0 Å². The van der Waals surface area contributed by atoms with Crippen LogP contribution in [0.25, 0.3) is 0 Å². The van der Waals surface area contributed by atoms with E-state index in [1.165, 1.54) is 18.9 Å². The lowest BCUT2D eigenvalue weighted by molar-refractivity contribution is 0.110. The van der Waals surface area contributed by atoms with Crippen molar-refractivity contribution in [1.29, 1.82) is 0 Å². The Hall–Kier alpha value is -0.410. The molecule has 3 heteroatoms. The lowest BCUT2D eigenvalue weighted by atomic mass is 10.2. The van der Waals surface area contributed by atoms with Gasteiger partial charge in [0.05, 0.1) is 11.1 Å². The minimum absolute atomic E-state index is 0.225. The third-order valence-corrected chi connectivity index (χ3v) is 3.23. The lowest BCUT2D eigenvalue weighted by Crippen LogP contribution is -1.98. The van der Waals surface area contributed by atoms with Crippen molar-refractivity contribution >= 4 is 15.9 Å². The Morgan fingerprint density at radius 1 is 1.43 bits per heavy atom. The summed E-state index contributed by atoms with van der Waals surface area (Å²) in [7, 11) is 0. The average Bonchev–Trinajstić information content (AvgIpc) is 2.96. The fraction of sp³-hybridized carbons (Fsp3) is 0.455. The number of ether oxygens (including phenoxy) is 1. The molecule has 76 valence electrons. The van der Waals surface area contributed by atoms with E-state index in [9.17, 15) is 4.39 Å². The topological polar surface area (TPSA) is 9.23 Å². The highest BCUT2D eigenvalue weighted by molar-refractivity contribution is 9.10. The van der Waals surface area contributed by atoms with Crippen molar-refractivity contribution in [1.82, 2.24) is 0 Å². The van der Waals surface area contributed by atoms with Crippen molar-refractivity contribution < 1.29 is 9.13 Å². The molecule has 0 spiro atoms. The first-order valence-electron chi connectivity index (χ1n) is 4.78. The van der Waals surface area contributed by atoms with Gasteiger partial charge in [-0.1, -0.05) is 12.1 Å². The summed E-state index contributed by atoms with van der Waals surface area (Å²) in [5.41, 5.74) is 0.880. The van der Waals surface area contributed by atoms with E-state index in [0.717, 1.165) is 18.1 Å². The predicted octanol–water partition coefficient (Wildman–Crippen LogP) is 3.51. The maximum absolute atomic E-state index is 13.1. The number of rotatable bonds is 4. The van der Waals surface area contributed by atoms with E-state index in [1.807, 2.05) is 6.07 Å². The molecule has 0 aromatic heterocycles. The quantitative estimate of drug-likeness (QED) is 0.803. The highest BCUT2D eigenvalue weighted by Crippen LogP contribution is 2.29. The van der Waals surface area contributed by atoms with Gasteiger partial charge in [0, 0.05) is 6.61 Å². The van der Waals surface area contributed by atoms with Crippen LogP contribution in [0.2, 0.25) is 0 Å². The van der Waals surface area contributed by atoms with E-state index >= 15 is 0 Å². The summed E-state index contributed by atoms with van der Waals surface area (Å²) in [5.74, 6) is 0.528. The molecule has 1 aromatic carbocycles. The Kier molecular flexibility index (Phi) is 3.19. The first kappa shape index (κ1) is 10.1. The Balaban J connectivity index is 1.90. The number of hydrogen-bond acceptors (Lipinski definition) is 1. The maximum atomic E-state index is 13.1. The van der Waals surface area contributed by atoms with Gasteiger partial charge in [-0.3, -0.25) is 0 Å². The van der Waals surface area contributed by atoms with Crippen LogP contribution in [0.1, 0.15) is 18.4 Å². The van der Waals surface area contributed by atoms with E-state index in [0.29, 0.717) is 11.1 Å². The summed E-state index contributed by atoms with van der Waals surface area (Å²) >= 11 is 3.21. The molecule has 0 atom stereocenters. The number of benzene rings is 1. The third-order valence-electron chi connectivity index (χ3n) is 2.34. The second-order valence-corrected chi connectivity index (χ2v) is 4.46. The first-order chi connectivity index (χ1) is 6.77. The lowest BCUT2D eigenvalue weighted by Gasteiger charge is -2.05. The van der Waals surface area contributed by atoms with E-state index in [-0.39, 0.29) is 5.82 Å². The van der Waals surface area contributed by atoms with Crippen LogP contribution in [0, 0.1) is 11.7 Å². The molecule has 1 fully saturated rings. The minimum atomic E-state index is -0.225. The molecule has 0 heterocycles. The van der Waals surface area contributed by atoms with Gasteiger partial charge in [0.1, 0.15) is 5.82 Å². The molecule has 14 heavy (non-hydrogen) atoms. The summed E-state index contributed by atoms with van der Waals surface area (Å²) in [5, 5.41) is 0. The molecule has 1 aliphatic carbocycles. The van der Waals surface area contributed by atoms with Crippen LogP contribution >= 0.6 is 15.9 Å². The standard InChI is InChI=1S/C11H12BrFO/c12-11-9(2-1-3-10(11)13)7-14-6-8-4-5-8/h1-3,8H,4-7H2. The van der Waals surface area contributed by atoms with E-state index < -0.39 is 0 Å². The van der Waals surface area contributed by atoms with Gasteiger partial charge >= 0.3 is 0 Å². The van der Waals surface area contributed by atoms with Gasteiger partial charge in [-0.2, -0.15) is 0 Å². The molecule has 0 radical (unpaired) electrons. The Bertz CT molecular complexity index is 323. The molecule has 0 amide bonds. The SMILES string of the molecule is Fc1cccc(COCC2CC2)c1Br. The highest BCUT2D eigenvalue weighted by atomic mass is 79.9. The fourth-order valence-corrected chi connectivity index (χ4v) is 1.66. The molecule has 1 aromatic rings. The number of halogens is 2. The minimum Gasteiger partial charge on any atom is -0.376 e. The zero-order chi connectivity index (χ0) is 9.97. The molecule has 0 unspecified atom stereocenters. The van der Waals surface area contributed by atoms with Gasteiger partial charge in [-0.25, -0.2) is 4.39 Å². The van der Waals surface area contributed by atoms with Crippen molar-refractivity contribution in [3.63, 3.8) is 0 Å². The molecule has 1 aliphatic rings. The summed E-state index contributed by atoms with van der Waals surface area (Å²) < 4.78 is 19.1. The predicted molar refractivity (Wildman–Crippen MR) is 56.5 cm³/mol. The van der Waals surface area contributed by atoms with Gasteiger partial charge in [0.15, 0.2) is 0 Å². The van der Waals surface area contributed by atoms with E-state index in [1.54, 1.807) is 6.07 Å². The first-order valence-corrected chi connectivity index (χ1v) is 5.57. The zero-order valence-electron chi connectivity index (χ0n) is 7.80. The van der Waals surface area contributed by atoms with Gasteiger partial charge in [-0.15, -0.1) is 0 Å². The summed E-state index contributed by atoms with van der Waals surface area (Å²) in [6.45, 7) is 1.30. The van der Waals surface area contributed by atoms with Crippen molar-refractivity contribution in [3.05, 3.63) is 34.1 Å². The molecule has 1 saturated carbocycles. The maximum Gasteiger partial charge on any atom is 0.137 e. The Labute approximate surface area is 91.4 Å². The molecule has 0 saturated heterocycles. The second kappa shape index (κ2) is 4.41. The molecule has 0 N–H and O–H groups in total. The Morgan fingerprint density at radius 3 is 2.93 bits per heavy atom. The van der Waals surface area contributed by atoms with Crippen LogP contribution in [0.4, 0.5) is 4.39 Å². The van der Waals surface area contributed by atoms with Crippen LogP contribution in [0.15, 0.2) is 22.7 Å². The third kappa shape index (κ3) is 2.55. The molecular weight excluding hydrogens is 247 g/mol. The van der Waals surface area contributed by atoms with Gasteiger partial charge in [-0.05, 0) is 46.3 Å². The summed E-state index contributed by atoms with van der Waals surface area (Å²) in [6.07, 6.45) is 2.56. The van der Waals surface area contributed by atoms with Crippen LogP contribution in [0.3, 0.4) is 0 Å². The number of hydrogen-bond donors (Lipinski definition) is 0. The average molecular weight is 259 g/mol. The largest absolute Gasteiger partial charge is 0.376 e. The smallest absolute Gasteiger partial charge is 0.137 e. The van der Waals surface area contributed by atoms with Crippen LogP contribution in [-0.2, 0) is 11.3 Å². The van der Waals surface area contributed by atoms with Crippen LogP contribution < -0.4 is 0 Å². The summed E-state index contributed by atoms with van der Waals surface area (Å²) in [4.78, 5) is 0. The van der Waals surface area contributed by atoms with Crippen LogP contribution in [0.5, 0.6) is 0 Å². The highest BCUT2D eigenvalue weighted by Gasteiger charge is 2.21. The molecule has 1 nitrogen and oxygen atoms in total. The van der Waals surface area contributed by atoms with Gasteiger partial charge in [0.25, 0.3) is 0 Å². The van der Waals surface area contributed by atoms with E-state index in [4.69, 9.17) is 4.74 Å². The Morgan fingerprint density at radius 2 is 2.21 bits per heavy atom. The monoisotopic (exact) mass is 258 g/mol. The molecular formula is C11H12BrFO. The normalized spacial score (nSPS) is 15.9. The molecule has 0 aliphatic heterocycles.